The molecular formula is C40H56. The minimum Gasteiger partial charge on any atom is -0.0856 e. The van der Waals surface area contributed by atoms with E-state index in [1.165, 1.54) is 44.6 Å². The fraction of sp³-hybridized carbons (Fsp3) is 0.350. The average molecular weight is 537 g/mol. The summed E-state index contributed by atoms with van der Waals surface area (Å²) in [6.07, 6.45) is 43.3. The topological polar surface area (TPSA) is 0 Å². The zero-order valence-electron chi connectivity index (χ0n) is 27.2. The Morgan fingerprint density at radius 2 is 0.625 bits per heavy atom. The molecule has 40 heavy (non-hydrogen) atoms. The van der Waals surface area contributed by atoms with Crippen molar-refractivity contribution in [2.45, 2.75) is 94.9 Å². The molecule has 0 heteroatoms. The predicted molar refractivity (Wildman–Crippen MR) is 186 cm³/mol. The summed E-state index contributed by atoms with van der Waals surface area (Å²) in [5.41, 5.74) is 10.5. The van der Waals surface area contributed by atoms with Gasteiger partial charge >= 0.3 is 0 Å². The van der Waals surface area contributed by atoms with Gasteiger partial charge in [-0.3, -0.25) is 0 Å². The van der Waals surface area contributed by atoms with Gasteiger partial charge in [-0.2, -0.15) is 0 Å². The van der Waals surface area contributed by atoms with Crippen LogP contribution in [0.1, 0.15) is 94.9 Å². The van der Waals surface area contributed by atoms with Gasteiger partial charge in [-0.05, 0) is 94.9 Å². The second-order valence-electron chi connectivity index (χ2n) is 11.1. The largest absolute Gasteiger partial charge is 0.0856 e. The molecule has 0 atom stereocenters. The van der Waals surface area contributed by atoms with Crippen LogP contribution >= 0.6 is 0 Å². The van der Waals surface area contributed by atoms with Gasteiger partial charge in [-0.1, -0.05) is 154 Å². The first-order valence-corrected chi connectivity index (χ1v) is 14.7. The lowest BCUT2D eigenvalue weighted by Crippen LogP contribution is -1.76. The highest BCUT2D eigenvalue weighted by atomic mass is 13.9. The third-order valence-electron chi connectivity index (χ3n) is 5.93. The van der Waals surface area contributed by atoms with Gasteiger partial charge < -0.3 is 0 Å². The molecule has 216 valence electrons. The Hall–Kier alpha value is -3.38. The first-order valence-electron chi connectivity index (χ1n) is 14.7. The molecule has 0 bridgehead atoms. The fourth-order valence-electron chi connectivity index (χ4n) is 3.41. The summed E-state index contributed by atoms with van der Waals surface area (Å²) in [7, 11) is 0. The van der Waals surface area contributed by atoms with Crippen molar-refractivity contribution in [1.82, 2.24) is 0 Å². The maximum atomic E-state index is 2.30. The van der Waals surface area contributed by atoms with Gasteiger partial charge in [0.25, 0.3) is 0 Å². The van der Waals surface area contributed by atoms with Crippen LogP contribution < -0.4 is 0 Å². The molecule has 0 unspecified atom stereocenters. The zero-order valence-corrected chi connectivity index (χ0v) is 27.2. The lowest BCUT2D eigenvalue weighted by atomic mass is 10.1. The standard InChI is InChI=1S/C40H56/c1-33(2)19-13-23-37(7)27-17-31-39(9)29-15-25-35(5)21-11-12-22-36(6)26-16-30-40(10)32-18-28-38(8)24-14-20-34(3)4/h11-12,15-22,25-32H,13-14,23-24H2,1-10H3/b12-11+,25-15-,26-16+,31-17+,32-18+,35-21+,36-22+,37-27+,38-28+,39-29+,40-30+. The van der Waals surface area contributed by atoms with Crippen molar-refractivity contribution in [3.05, 3.63) is 154 Å². The van der Waals surface area contributed by atoms with E-state index in [0.717, 1.165) is 25.7 Å². The number of allylic oxidation sites excluding steroid dienone is 26. The van der Waals surface area contributed by atoms with E-state index in [9.17, 15) is 0 Å². The lowest BCUT2D eigenvalue weighted by molar-refractivity contribution is 0.967. The molecule has 0 heterocycles. The lowest BCUT2D eigenvalue weighted by Gasteiger charge is -1.96. The molecule has 0 rings (SSSR count). The highest BCUT2D eigenvalue weighted by Gasteiger charge is 1.88. The van der Waals surface area contributed by atoms with Crippen LogP contribution in [0.25, 0.3) is 0 Å². The minimum absolute atomic E-state index is 1.12. The second-order valence-corrected chi connectivity index (χ2v) is 11.1. The van der Waals surface area contributed by atoms with E-state index in [1.807, 2.05) is 0 Å². The highest BCUT2D eigenvalue weighted by Crippen LogP contribution is 2.09. The minimum atomic E-state index is 1.12. The zero-order chi connectivity index (χ0) is 30.2. The van der Waals surface area contributed by atoms with Gasteiger partial charge in [0, 0.05) is 0 Å². The van der Waals surface area contributed by atoms with Crippen LogP contribution in [0, 0.1) is 0 Å². The van der Waals surface area contributed by atoms with E-state index in [1.54, 1.807) is 0 Å². The quantitative estimate of drug-likeness (QED) is 0.136. The van der Waals surface area contributed by atoms with E-state index in [0.29, 0.717) is 0 Å². The van der Waals surface area contributed by atoms with Gasteiger partial charge in [0.1, 0.15) is 0 Å². The highest BCUT2D eigenvalue weighted by molar-refractivity contribution is 5.32. The van der Waals surface area contributed by atoms with E-state index in [4.69, 9.17) is 0 Å². The van der Waals surface area contributed by atoms with E-state index in [2.05, 4.69) is 179 Å². The molecule has 0 saturated heterocycles. The van der Waals surface area contributed by atoms with Gasteiger partial charge in [0.05, 0.1) is 0 Å². The Labute approximate surface area is 248 Å². The number of rotatable bonds is 16. The molecule has 0 aliphatic carbocycles. The normalized spacial score (nSPS) is 15.1. The van der Waals surface area contributed by atoms with Crippen molar-refractivity contribution in [2.24, 2.45) is 0 Å². The monoisotopic (exact) mass is 536 g/mol. The molecule has 0 fully saturated rings. The summed E-state index contributed by atoms with van der Waals surface area (Å²) in [4.78, 5) is 0. The first kappa shape index (κ1) is 36.6. The molecule has 0 spiro atoms. The Morgan fingerprint density at radius 3 is 0.925 bits per heavy atom. The summed E-state index contributed by atoms with van der Waals surface area (Å²) < 4.78 is 0. The molecule has 0 aliphatic rings. The van der Waals surface area contributed by atoms with E-state index in [-0.39, 0.29) is 0 Å². The third-order valence-corrected chi connectivity index (χ3v) is 5.93. The van der Waals surface area contributed by atoms with Gasteiger partial charge in [-0.15, -0.1) is 0 Å². The molecule has 0 aromatic carbocycles. The fourth-order valence-corrected chi connectivity index (χ4v) is 3.41. The molecule has 0 nitrogen and oxygen atoms in total. The van der Waals surface area contributed by atoms with Crippen LogP contribution in [0.15, 0.2) is 154 Å². The van der Waals surface area contributed by atoms with Crippen molar-refractivity contribution in [1.29, 1.82) is 0 Å². The van der Waals surface area contributed by atoms with Crippen LogP contribution in [0.3, 0.4) is 0 Å². The van der Waals surface area contributed by atoms with Crippen LogP contribution in [-0.2, 0) is 0 Å². The molecular weight excluding hydrogens is 480 g/mol. The van der Waals surface area contributed by atoms with Gasteiger partial charge in [0.2, 0.25) is 0 Å². The van der Waals surface area contributed by atoms with E-state index < -0.39 is 0 Å². The van der Waals surface area contributed by atoms with Crippen molar-refractivity contribution < 1.29 is 0 Å². The SMILES string of the molecule is CC(C)=CCC/C(C)=C/C=C/C(C)=C/C=C\C(C)=C\C=C\C=C(C)\C=C\C=C(C)\C=C\C=C(/C)CCC=C(C)C. The maximum Gasteiger partial charge on any atom is -0.0285 e. The third kappa shape index (κ3) is 24.9. The predicted octanol–water partition coefficient (Wildman–Crippen LogP) is 12.9. The molecule has 0 N–H and O–H groups in total. The maximum absolute atomic E-state index is 2.30. The van der Waals surface area contributed by atoms with Crippen LogP contribution in [0.5, 0.6) is 0 Å². The van der Waals surface area contributed by atoms with Crippen LogP contribution in [-0.4, -0.2) is 0 Å². The molecule has 0 saturated carbocycles. The van der Waals surface area contributed by atoms with Crippen molar-refractivity contribution in [3.8, 4) is 0 Å². The van der Waals surface area contributed by atoms with Crippen molar-refractivity contribution >= 4 is 0 Å². The smallest absolute Gasteiger partial charge is 0.0285 e. The molecule has 0 amide bonds. The molecule has 0 aliphatic heterocycles. The summed E-state index contributed by atoms with van der Waals surface area (Å²) >= 11 is 0. The summed E-state index contributed by atoms with van der Waals surface area (Å²) in [6.45, 7) is 21.5. The number of hydrogen-bond donors (Lipinski definition) is 0. The van der Waals surface area contributed by atoms with Crippen LogP contribution in [0.4, 0.5) is 0 Å². The van der Waals surface area contributed by atoms with Crippen LogP contribution in [0.2, 0.25) is 0 Å². The van der Waals surface area contributed by atoms with Gasteiger partial charge in [-0.25, -0.2) is 0 Å². The summed E-state index contributed by atoms with van der Waals surface area (Å²) in [6, 6.07) is 0. The Kier molecular flexibility index (Phi) is 21.5. The molecule has 0 radical (unpaired) electrons. The summed E-state index contributed by atoms with van der Waals surface area (Å²) in [5.74, 6) is 0. The molecule has 0 aromatic heterocycles. The Balaban J connectivity index is 4.70. The molecule has 0 aromatic rings. The second kappa shape index (κ2) is 23.5. The first-order chi connectivity index (χ1) is 19.0. The van der Waals surface area contributed by atoms with Crippen molar-refractivity contribution in [3.63, 3.8) is 0 Å². The Bertz CT molecular complexity index is 1050. The Morgan fingerprint density at radius 1 is 0.350 bits per heavy atom. The summed E-state index contributed by atoms with van der Waals surface area (Å²) in [5, 5.41) is 0. The average Bonchev–Trinajstić information content (AvgIpc) is 2.86. The van der Waals surface area contributed by atoms with Gasteiger partial charge in [0.15, 0.2) is 0 Å². The number of hydrogen-bond acceptors (Lipinski definition) is 0. The van der Waals surface area contributed by atoms with Crippen molar-refractivity contribution in [2.75, 3.05) is 0 Å². The van der Waals surface area contributed by atoms with E-state index >= 15 is 0 Å².